The number of likely N-dealkylation sites (tertiary alicyclic amines) is 1. The summed E-state index contributed by atoms with van der Waals surface area (Å²) in [6.07, 6.45) is 2.06. The number of ether oxygens (including phenoxy) is 3. The monoisotopic (exact) mass is 662 g/mol. The fraction of sp³-hybridized carbons (Fsp3) is 0.351. The first-order valence-electron chi connectivity index (χ1n) is 15.6. The molecule has 0 spiro atoms. The van der Waals surface area contributed by atoms with Crippen molar-refractivity contribution in [2.75, 3.05) is 46.6 Å². The van der Waals surface area contributed by atoms with Crippen LogP contribution < -0.4 is 5.32 Å². The average Bonchev–Trinajstić information content (AvgIpc) is 3.08. The molecule has 2 aliphatic rings. The van der Waals surface area contributed by atoms with Crippen LogP contribution in [0.2, 0.25) is 10.0 Å². The number of piperidine rings is 1. The van der Waals surface area contributed by atoms with Crippen molar-refractivity contribution < 1.29 is 23.8 Å². The first-order valence-corrected chi connectivity index (χ1v) is 16.3. The number of halogens is 2. The molecule has 1 N–H and O–H groups in total. The normalized spacial score (nSPS) is 18.2. The zero-order chi connectivity index (χ0) is 32.7. The summed E-state index contributed by atoms with van der Waals surface area (Å²) in [4.78, 5) is 28.8. The van der Waals surface area contributed by atoms with E-state index < -0.39 is 17.9 Å². The van der Waals surface area contributed by atoms with E-state index in [1.54, 1.807) is 32.0 Å². The Labute approximate surface area is 281 Å². The number of nitrogens with zero attached hydrogens (tertiary/aromatic N) is 1. The third-order valence-electron chi connectivity index (χ3n) is 9.05. The van der Waals surface area contributed by atoms with Crippen molar-refractivity contribution in [2.45, 2.75) is 38.0 Å². The lowest BCUT2D eigenvalue weighted by Gasteiger charge is -2.43. The number of dihydropyridines is 1. The van der Waals surface area contributed by atoms with Gasteiger partial charge in [0.15, 0.2) is 0 Å². The molecule has 0 bridgehead atoms. The van der Waals surface area contributed by atoms with Crippen LogP contribution in [0.3, 0.4) is 0 Å². The Balaban J connectivity index is 1.15. The Bertz CT molecular complexity index is 1560. The van der Waals surface area contributed by atoms with Gasteiger partial charge in [0.2, 0.25) is 0 Å². The third kappa shape index (κ3) is 7.18. The standard InChI is InChI=1S/C37H40Cl2N2O5/c1-25-31(35(42)44-3)33(29-15-10-16-30(38)34(29)39)32(26(2)40-25)36(43)46-24-23-45-22-21-41-19-17-37(18-20-41,27-11-6-4-7-12-27)28-13-8-5-9-14-28/h4-16,33,40H,17-24H2,1-3H3. The molecule has 2 aliphatic heterocycles. The summed E-state index contributed by atoms with van der Waals surface area (Å²) in [5.74, 6) is -1.96. The lowest BCUT2D eigenvalue weighted by atomic mass is 9.68. The maximum Gasteiger partial charge on any atom is 0.336 e. The smallest absolute Gasteiger partial charge is 0.336 e. The molecule has 5 rings (SSSR count). The van der Waals surface area contributed by atoms with Gasteiger partial charge >= 0.3 is 11.9 Å². The number of rotatable bonds is 11. The van der Waals surface area contributed by atoms with Gasteiger partial charge in [0.1, 0.15) is 6.61 Å². The summed E-state index contributed by atoms with van der Waals surface area (Å²) in [5.41, 5.74) is 4.90. The molecule has 9 heteroatoms. The quantitative estimate of drug-likeness (QED) is 0.174. The number of hydrogen-bond acceptors (Lipinski definition) is 7. The minimum Gasteiger partial charge on any atom is -0.466 e. The second-order valence-corrected chi connectivity index (χ2v) is 12.5. The predicted molar refractivity (Wildman–Crippen MR) is 181 cm³/mol. The van der Waals surface area contributed by atoms with Gasteiger partial charge in [-0.15, -0.1) is 0 Å². The van der Waals surface area contributed by atoms with E-state index in [0.29, 0.717) is 28.6 Å². The molecule has 1 saturated heterocycles. The molecule has 0 amide bonds. The molecule has 1 unspecified atom stereocenters. The highest BCUT2D eigenvalue weighted by atomic mass is 35.5. The van der Waals surface area contributed by atoms with Crippen molar-refractivity contribution in [2.24, 2.45) is 0 Å². The maximum absolute atomic E-state index is 13.5. The van der Waals surface area contributed by atoms with E-state index in [4.69, 9.17) is 37.4 Å². The number of carbonyl (C=O) groups excluding carboxylic acids is 2. The van der Waals surface area contributed by atoms with Gasteiger partial charge in [-0.05, 0) is 62.5 Å². The summed E-state index contributed by atoms with van der Waals surface area (Å²) in [6, 6.07) is 26.7. The molecule has 3 aromatic carbocycles. The first-order chi connectivity index (χ1) is 22.3. The van der Waals surface area contributed by atoms with E-state index in [0.717, 1.165) is 32.5 Å². The van der Waals surface area contributed by atoms with Crippen LogP contribution in [-0.4, -0.2) is 63.4 Å². The van der Waals surface area contributed by atoms with Crippen LogP contribution in [0.5, 0.6) is 0 Å². The highest BCUT2D eigenvalue weighted by Crippen LogP contribution is 2.44. The summed E-state index contributed by atoms with van der Waals surface area (Å²) >= 11 is 12.9. The summed E-state index contributed by atoms with van der Waals surface area (Å²) in [7, 11) is 1.30. The minimum absolute atomic E-state index is 0.00347. The van der Waals surface area contributed by atoms with Crippen molar-refractivity contribution in [1.82, 2.24) is 10.2 Å². The number of hydrogen-bond donors (Lipinski definition) is 1. The molecule has 0 saturated carbocycles. The van der Waals surface area contributed by atoms with Gasteiger partial charge in [-0.2, -0.15) is 0 Å². The molecule has 2 heterocycles. The number of methoxy groups -OCH3 is 1. The molecule has 46 heavy (non-hydrogen) atoms. The average molecular weight is 664 g/mol. The topological polar surface area (TPSA) is 77.1 Å². The molecule has 3 aromatic rings. The number of esters is 2. The summed E-state index contributed by atoms with van der Waals surface area (Å²) in [5, 5.41) is 3.70. The molecular weight excluding hydrogens is 623 g/mol. The van der Waals surface area contributed by atoms with Crippen molar-refractivity contribution in [3.05, 3.63) is 128 Å². The number of carbonyl (C=O) groups is 2. The second kappa shape index (κ2) is 15.3. The highest BCUT2D eigenvalue weighted by molar-refractivity contribution is 6.42. The van der Waals surface area contributed by atoms with Crippen molar-refractivity contribution >= 4 is 35.1 Å². The highest BCUT2D eigenvalue weighted by Gasteiger charge is 2.39. The minimum atomic E-state index is -0.814. The van der Waals surface area contributed by atoms with Crippen LogP contribution in [0.15, 0.2) is 101 Å². The van der Waals surface area contributed by atoms with E-state index >= 15 is 0 Å². The molecule has 0 aliphatic carbocycles. The zero-order valence-corrected chi connectivity index (χ0v) is 28.0. The largest absolute Gasteiger partial charge is 0.466 e. The Morgan fingerprint density at radius 1 is 0.804 bits per heavy atom. The number of benzene rings is 3. The van der Waals surface area contributed by atoms with Crippen LogP contribution in [0.25, 0.3) is 0 Å². The SMILES string of the molecule is COC(=O)C1=C(C)NC(C)=C(C(=O)OCCOCCN2CCC(c3ccccc3)(c3ccccc3)CC2)C1c1cccc(Cl)c1Cl. The zero-order valence-electron chi connectivity index (χ0n) is 26.5. The van der Waals surface area contributed by atoms with Gasteiger partial charge < -0.3 is 24.4 Å². The third-order valence-corrected chi connectivity index (χ3v) is 9.89. The van der Waals surface area contributed by atoms with Gasteiger partial charge in [-0.25, -0.2) is 9.59 Å². The van der Waals surface area contributed by atoms with E-state index in [9.17, 15) is 9.59 Å². The number of nitrogens with one attached hydrogen (secondary N) is 1. The predicted octanol–water partition coefficient (Wildman–Crippen LogP) is 7.04. The molecule has 7 nitrogen and oxygen atoms in total. The van der Waals surface area contributed by atoms with Crippen LogP contribution >= 0.6 is 23.2 Å². The maximum atomic E-state index is 13.5. The van der Waals surface area contributed by atoms with Crippen molar-refractivity contribution in [3.63, 3.8) is 0 Å². The molecule has 1 atom stereocenters. The lowest BCUT2D eigenvalue weighted by Crippen LogP contribution is -2.44. The molecule has 1 fully saturated rings. The Kier molecular flexibility index (Phi) is 11.2. The Hall–Kier alpha value is -3.62. The number of allylic oxidation sites excluding steroid dienone is 2. The molecule has 242 valence electrons. The molecule has 0 radical (unpaired) electrons. The Morgan fingerprint density at radius 2 is 1.39 bits per heavy atom. The van der Waals surface area contributed by atoms with Crippen molar-refractivity contribution in [3.8, 4) is 0 Å². The second-order valence-electron chi connectivity index (χ2n) is 11.7. The van der Waals surface area contributed by atoms with Crippen molar-refractivity contribution in [1.29, 1.82) is 0 Å². The van der Waals surface area contributed by atoms with Crippen LogP contribution in [0.1, 0.15) is 49.3 Å². The molecular formula is C37H40Cl2N2O5. The van der Waals surface area contributed by atoms with Crippen LogP contribution in [0, 0.1) is 0 Å². The van der Waals surface area contributed by atoms with E-state index in [1.165, 1.54) is 18.2 Å². The fourth-order valence-corrected chi connectivity index (χ4v) is 7.10. The van der Waals surface area contributed by atoms with E-state index in [1.807, 2.05) is 0 Å². The van der Waals surface area contributed by atoms with Crippen LogP contribution in [-0.2, 0) is 29.2 Å². The van der Waals surface area contributed by atoms with Crippen LogP contribution in [0.4, 0.5) is 0 Å². The summed E-state index contributed by atoms with van der Waals surface area (Å²) in [6.45, 7) is 7.08. The first kappa shape index (κ1) is 33.7. The van der Waals surface area contributed by atoms with Gasteiger partial charge in [-0.3, -0.25) is 0 Å². The fourth-order valence-electron chi connectivity index (χ4n) is 6.68. The molecule has 0 aromatic heterocycles. The van der Waals surface area contributed by atoms with Gasteiger partial charge in [0.25, 0.3) is 0 Å². The lowest BCUT2D eigenvalue weighted by molar-refractivity contribution is -0.141. The van der Waals surface area contributed by atoms with E-state index in [-0.39, 0.29) is 34.8 Å². The van der Waals surface area contributed by atoms with Gasteiger partial charge in [0, 0.05) is 23.4 Å². The summed E-state index contributed by atoms with van der Waals surface area (Å²) < 4.78 is 16.6. The Morgan fingerprint density at radius 3 is 1.98 bits per heavy atom. The van der Waals surface area contributed by atoms with Gasteiger partial charge in [-0.1, -0.05) is 96.0 Å². The van der Waals surface area contributed by atoms with Gasteiger partial charge in [0.05, 0.1) is 47.4 Å². The van der Waals surface area contributed by atoms with E-state index in [2.05, 4.69) is 70.9 Å².